The van der Waals surface area contributed by atoms with Gasteiger partial charge in [-0.1, -0.05) is 12.1 Å². The number of hydrogen-bond donors (Lipinski definition) is 1. The van der Waals surface area contributed by atoms with Crippen molar-refractivity contribution in [1.82, 2.24) is 0 Å². The Morgan fingerprint density at radius 1 is 1.39 bits per heavy atom. The minimum Gasteiger partial charge on any atom is -0.481 e. The van der Waals surface area contributed by atoms with Crippen LogP contribution in [-0.2, 0) is 14.9 Å². The first-order valence-electron chi connectivity index (χ1n) is 6.10. The van der Waals surface area contributed by atoms with E-state index in [1.807, 2.05) is 0 Å². The summed E-state index contributed by atoms with van der Waals surface area (Å²) < 4.78 is 5.35. The summed E-state index contributed by atoms with van der Waals surface area (Å²) in [6, 6.07) is 8.54. The van der Waals surface area contributed by atoms with E-state index in [-0.39, 0.29) is 11.8 Å². The van der Waals surface area contributed by atoms with E-state index < -0.39 is 5.97 Å². The Balaban J connectivity index is 2.03. The molecule has 1 saturated heterocycles. The summed E-state index contributed by atoms with van der Waals surface area (Å²) in [6.45, 7) is 1.43. The SMILES string of the molecule is CSc1ccc(C2(CCCC(=O)O)COC2)cc1. The van der Waals surface area contributed by atoms with E-state index in [0.717, 1.165) is 6.42 Å². The molecule has 1 heterocycles. The van der Waals surface area contributed by atoms with Gasteiger partial charge in [0, 0.05) is 16.7 Å². The summed E-state index contributed by atoms with van der Waals surface area (Å²) in [7, 11) is 0. The second-order valence-corrected chi connectivity index (χ2v) is 5.63. The summed E-state index contributed by atoms with van der Waals surface area (Å²) in [5, 5.41) is 8.71. The molecule has 0 radical (unpaired) electrons. The van der Waals surface area contributed by atoms with Gasteiger partial charge in [0.15, 0.2) is 0 Å². The molecule has 0 bridgehead atoms. The van der Waals surface area contributed by atoms with Crippen molar-refractivity contribution in [2.75, 3.05) is 19.5 Å². The molecule has 0 atom stereocenters. The van der Waals surface area contributed by atoms with Crippen LogP contribution in [-0.4, -0.2) is 30.5 Å². The van der Waals surface area contributed by atoms with Crippen LogP contribution in [0.15, 0.2) is 29.2 Å². The van der Waals surface area contributed by atoms with Crippen LogP contribution >= 0.6 is 11.8 Å². The Kier molecular flexibility index (Phi) is 4.30. The first-order valence-corrected chi connectivity index (χ1v) is 7.33. The van der Waals surface area contributed by atoms with E-state index in [1.54, 1.807) is 11.8 Å². The molecule has 0 aromatic heterocycles. The normalized spacial score (nSPS) is 17.2. The van der Waals surface area contributed by atoms with Crippen molar-refractivity contribution in [3.05, 3.63) is 29.8 Å². The fraction of sp³-hybridized carbons (Fsp3) is 0.500. The Labute approximate surface area is 112 Å². The molecule has 1 fully saturated rings. The van der Waals surface area contributed by atoms with Gasteiger partial charge in [0.05, 0.1) is 13.2 Å². The van der Waals surface area contributed by atoms with Crippen LogP contribution in [0.1, 0.15) is 24.8 Å². The fourth-order valence-corrected chi connectivity index (χ4v) is 2.73. The molecular weight excluding hydrogens is 248 g/mol. The Bertz CT molecular complexity index is 410. The van der Waals surface area contributed by atoms with Gasteiger partial charge >= 0.3 is 5.97 Å². The average molecular weight is 266 g/mol. The summed E-state index contributed by atoms with van der Waals surface area (Å²) in [5.74, 6) is -0.719. The minimum absolute atomic E-state index is 0.0480. The monoisotopic (exact) mass is 266 g/mol. The molecule has 3 nitrogen and oxygen atoms in total. The second-order valence-electron chi connectivity index (χ2n) is 4.75. The van der Waals surface area contributed by atoms with Crippen molar-refractivity contribution in [3.63, 3.8) is 0 Å². The molecule has 18 heavy (non-hydrogen) atoms. The molecular formula is C14H18O3S. The van der Waals surface area contributed by atoms with Gasteiger partial charge in [-0.15, -0.1) is 11.8 Å². The van der Waals surface area contributed by atoms with E-state index in [1.165, 1.54) is 10.5 Å². The first kappa shape index (κ1) is 13.4. The Morgan fingerprint density at radius 3 is 2.50 bits per heavy atom. The zero-order valence-electron chi connectivity index (χ0n) is 10.5. The van der Waals surface area contributed by atoms with E-state index in [2.05, 4.69) is 30.5 Å². The predicted molar refractivity (Wildman–Crippen MR) is 72.2 cm³/mol. The van der Waals surface area contributed by atoms with Crippen LogP contribution in [0.25, 0.3) is 0 Å². The fourth-order valence-electron chi connectivity index (χ4n) is 2.33. The van der Waals surface area contributed by atoms with Gasteiger partial charge in [-0.3, -0.25) is 4.79 Å². The zero-order chi connectivity index (χ0) is 13.0. The molecule has 0 aliphatic carbocycles. The minimum atomic E-state index is -0.719. The molecule has 1 N–H and O–H groups in total. The van der Waals surface area contributed by atoms with E-state index >= 15 is 0 Å². The molecule has 0 saturated carbocycles. The van der Waals surface area contributed by atoms with Crippen LogP contribution in [0.4, 0.5) is 0 Å². The number of ether oxygens (including phenoxy) is 1. The van der Waals surface area contributed by atoms with Gasteiger partial charge < -0.3 is 9.84 Å². The lowest BCUT2D eigenvalue weighted by Crippen LogP contribution is -2.46. The zero-order valence-corrected chi connectivity index (χ0v) is 11.3. The number of carboxylic acid groups (broad SMARTS) is 1. The predicted octanol–water partition coefficient (Wildman–Crippen LogP) is 2.93. The maximum atomic E-state index is 10.6. The summed E-state index contributed by atoms with van der Waals surface area (Å²) in [6.07, 6.45) is 3.90. The number of benzene rings is 1. The number of aliphatic carboxylic acids is 1. The Morgan fingerprint density at radius 2 is 2.06 bits per heavy atom. The molecule has 4 heteroatoms. The van der Waals surface area contributed by atoms with Crippen LogP contribution in [0.2, 0.25) is 0 Å². The largest absolute Gasteiger partial charge is 0.481 e. The van der Waals surface area contributed by atoms with Crippen molar-refractivity contribution in [2.45, 2.75) is 29.6 Å². The summed E-state index contributed by atoms with van der Waals surface area (Å²) in [4.78, 5) is 11.8. The first-order chi connectivity index (χ1) is 8.66. The molecule has 1 aliphatic rings. The summed E-state index contributed by atoms with van der Waals surface area (Å²) >= 11 is 1.73. The lowest BCUT2D eigenvalue weighted by atomic mass is 9.75. The molecule has 0 amide bonds. The van der Waals surface area contributed by atoms with Gasteiger partial charge in [0.25, 0.3) is 0 Å². The van der Waals surface area contributed by atoms with Gasteiger partial charge in [-0.2, -0.15) is 0 Å². The quantitative estimate of drug-likeness (QED) is 0.804. The number of thioether (sulfide) groups is 1. The van der Waals surface area contributed by atoms with Gasteiger partial charge in [-0.05, 0) is 36.8 Å². The highest BCUT2D eigenvalue weighted by Gasteiger charge is 2.39. The summed E-state index contributed by atoms with van der Waals surface area (Å²) in [5.41, 5.74) is 1.32. The molecule has 98 valence electrons. The van der Waals surface area contributed by atoms with Crippen LogP contribution < -0.4 is 0 Å². The third-order valence-corrected chi connectivity index (χ3v) is 4.25. The van der Waals surface area contributed by atoms with Gasteiger partial charge in [0.1, 0.15) is 0 Å². The van der Waals surface area contributed by atoms with E-state index in [0.29, 0.717) is 19.6 Å². The second kappa shape index (κ2) is 5.76. The molecule has 0 spiro atoms. The van der Waals surface area contributed by atoms with Crippen molar-refractivity contribution in [3.8, 4) is 0 Å². The molecule has 2 rings (SSSR count). The maximum Gasteiger partial charge on any atom is 0.303 e. The Hall–Kier alpha value is -1.00. The number of hydrogen-bond acceptors (Lipinski definition) is 3. The lowest BCUT2D eigenvalue weighted by molar-refractivity contribution is -0.137. The van der Waals surface area contributed by atoms with Crippen LogP contribution in [0, 0.1) is 0 Å². The highest BCUT2D eigenvalue weighted by atomic mass is 32.2. The maximum absolute atomic E-state index is 10.6. The molecule has 0 unspecified atom stereocenters. The third kappa shape index (κ3) is 2.87. The van der Waals surface area contributed by atoms with Crippen LogP contribution in [0.5, 0.6) is 0 Å². The van der Waals surface area contributed by atoms with Crippen molar-refractivity contribution >= 4 is 17.7 Å². The van der Waals surface area contributed by atoms with Gasteiger partial charge in [0.2, 0.25) is 0 Å². The molecule has 1 aromatic rings. The average Bonchev–Trinajstić information content (AvgIpc) is 2.32. The van der Waals surface area contributed by atoms with Crippen molar-refractivity contribution < 1.29 is 14.6 Å². The van der Waals surface area contributed by atoms with Crippen molar-refractivity contribution in [1.29, 1.82) is 0 Å². The lowest BCUT2D eigenvalue weighted by Gasteiger charge is -2.42. The topological polar surface area (TPSA) is 46.5 Å². The van der Waals surface area contributed by atoms with E-state index in [4.69, 9.17) is 9.84 Å². The highest BCUT2D eigenvalue weighted by molar-refractivity contribution is 7.98. The van der Waals surface area contributed by atoms with Gasteiger partial charge in [-0.25, -0.2) is 0 Å². The van der Waals surface area contributed by atoms with E-state index in [9.17, 15) is 4.79 Å². The highest BCUT2D eigenvalue weighted by Crippen LogP contribution is 2.37. The molecule has 1 aliphatic heterocycles. The number of carbonyl (C=O) groups is 1. The third-order valence-electron chi connectivity index (χ3n) is 3.51. The number of rotatable bonds is 6. The smallest absolute Gasteiger partial charge is 0.303 e. The van der Waals surface area contributed by atoms with Crippen molar-refractivity contribution in [2.24, 2.45) is 0 Å². The van der Waals surface area contributed by atoms with Crippen LogP contribution in [0.3, 0.4) is 0 Å². The molecule has 1 aromatic carbocycles. The standard InChI is InChI=1S/C14H18O3S/c1-18-12-6-4-11(5-7-12)14(9-17-10-14)8-2-3-13(15)16/h4-7H,2-3,8-10H2,1H3,(H,15,16). The number of carboxylic acids is 1.